The van der Waals surface area contributed by atoms with Gasteiger partial charge in [0.25, 0.3) is 0 Å². The molecule has 0 fully saturated rings. The number of rotatable bonds is 3. The second-order valence-corrected chi connectivity index (χ2v) is 4.85. The molecule has 0 heterocycles. The Hall–Kier alpha value is -2.44. The average molecular weight is 296 g/mol. The van der Waals surface area contributed by atoms with Crippen LogP contribution in [0.15, 0.2) is 24.3 Å². The van der Waals surface area contributed by atoms with E-state index >= 15 is 0 Å². The zero-order valence-corrected chi connectivity index (χ0v) is 12.5. The van der Waals surface area contributed by atoms with Gasteiger partial charge in [-0.25, -0.2) is 15.0 Å². The van der Waals surface area contributed by atoms with E-state index in [4.69, 9.17) is 9.47 Å². The summed E-state index contributed by atoms with van der Waals surface area (Å²) in [5.74, 6) is 0.0423. The van der Waals surface area contributed by atoms with Crippen molar-refractivity contribution in [1.29, 1.82) is 0 Å². The summed E-state index contributed by atoms with van der Waals surface area (Å²) in [6, 6.07) is 5.71. The Morgan fingerprint density at radius 2 is 1.57 bits per heavy atom. The predicted molar refractivity (Wildman–Crippen MR) is 77.0 cm³/mol. The largest absolute Gasteiger partial charge is 0.508 e. The molecule has 2 N–H and O–H groups in total. The van der Waals surface area contributed by atoms with Crippen LogP contribution in [0.4, 0.5) is 15.3 Å². The van der Waals surface area contributed by atoms with Crippen LogP contribution in [0.5, 0.6) is 5.75 Å². The summed E-state index contributed by atoms with van der Waals surface area (Å²) in [6.07, 6.45) is -2.21. The number of nitrogens with zero attached hydrogens (tertiary/aromatic N) is 1. The first-order valence-corrected chi connectivity index (χ1v) is 6.56. The van der Waals surface area contributed by atoms with Gasteiger partial charge in [0.15, 0.2) is 0 Å². The van der Waals surface area contributed by atoms with Gasteiger partial charge in [-0.05, 0) is 52.0 Å². The fourth-order valence-corrected chi connectivity index (χ4v) is 1.40. The van der Waals surface area contributed by atoms with Crippen molar-refractivity contribution in [3.63, 3.8) is 0 Å². The third kappa shape index (κ3) is 5.60. The highest BCUT2D eigenvalue weighted by molar-refractivity contribution is 5.90. The first-order valence-electron chi connectivity index (χ1n) is 6.56. The van der Waals surface area contributed by atoms with Crippen LogP contribution in [0.1, 0.15) is 27.7 Å². The van der Waals surface area contributed by atoms with E-state index in [2.05, 4.69) is 5.43 Å². The highest BCUT2D eigenvalue weighted by Gasteiger charge is 2.22. The fourth-order valence-electron chi connectivity index (χ4n) is 1.40. The maximum absolute atomic E-state index is 12.0. The quantitative estimate of drug-likeness (QED) is 0.837. The van der Waals surface area contributed by atoms with Gasteiger partial charge < -0.3 is 14.6 Å². The van der Waals surface area contributed by atoms with Crippen LogP contribution in [-0.2, 0) is 9.47 Å². The third-order valence-corrected chi connectivity index (χ3v) is 2.17. The topological polar surface area (TPSA) is 88.1 Å². The summed E-state index contributed by atoms with van der Waals surface area (Å²) in [7, 11) is 0. The van der Waals surface area contributed by atoms with Gasteiger partial charge in [-0.3, -0.25) is 0 Å². The van der Waals surface area contributed by atoms with Gasteiger partial charge in [-0.15, -0.1) is 0 Å². The first-order chi connectivity index (χ1) is 9.79. The molecule has 0 bridgehead atoms. The molecule has 116 valence electrons. The molecule has 0 aromatic heterocycles. The number of nitrogens with one attached hydrogen (secondary N) is 1. The molecular formula is C14H20N2O5. The van der Waals surface area contributed by atoms with E-state index in [1.54, 1.807) is 27.7 Å². The number of carbonyl (C=O) groups excluding carboxylic acids is 2. The van der Waals surface area contributed by atoms with Crippen molar-refractivity contribution in [3.05, 3.63) is 24.3 Å². The lowest BCUT2D eigenvalue weighted by Crippen LogP contribution is -2.48. The standard InChI is InChI=1S/C14H20N2O5/c1-9(2)20-13(18)15-16(14(19)21-10(3)4)11-5-7-12(17)8-6-11/h5-10,17H,1-4H3,(H,15,18). The summed E-state index contributed by atoms with van der Waals surface area (Å²) in [5, 5.41) is 10.2. The number of amides is 2. The van der Waals surface area contributed by atoms with E-state index < -0.39 is 12.2 Å². The molecule has 0 unspecified atom stereocenters. The number of hydrazine groups is 1. The summed E-state index contributed by atoms with van der Waals surface area (Å²) in [4.78, 5) is 23.7. The van der Waals surface area contributed by atoms with Crippen LogP contribution < -0.4 is 10.4 Å². The molecule has 7 heteroatoms. The second-order valence-electron chi connectivity index (χ2n) is 4.85. The van der Waals surface area contributed by atoms with Crippen LogP contribution in [0.25, 0.3) is 0 Å². The minimum Gasteiger partial charge on any atom is -0.508 e. The van der Waals surface area contributed by atoms with Crippen molar-refractivity contribution >= 4 is 17.9 Å². The van der Waals surface area contributed by atoms with Gasteiger partial charge in [-0.1, -0.05) is 0 Å². The van der Waals surface area contributed by atoms with Gasteiger partial charge in [0.2, 0.25) is 0 Å². The van der Waals surface area contributed by atoms with Gasteiger partial charge in [-0.2, -0.15) is 5.01 Å². The molecule has 0 aliphatic carbocycles. The Bertz CT molecular complexity index is 485. The molecule has 1 rings (SSSR count). The molecular weight excluding hydrogens is 276 g/mol. The maximum atomic E-state index is 12.0. The highest BCUT2D eigenvalue weighted by atomic mass is 16.6. The zero-order chi connectivity index (χ0) is 16.0. The van der Waals surface area contributed by atoms with Gasteiger partial charge in [0.05, 0.1) is 17.9 Å². The van der Waals surface area contributed by atoms with Crippen molar-refractivity contribution in [2.45, 2.75) is 39.9 Å². The van der Waals surface area contributed by atoms with Crippen molar-refractivity contribution < 1.29 is 24.2 Å². The lowest BCUT2D eigenvalue weighted by molar-refractivity contribution is 0.103. The Morgan fingerprint density at radius 3 is 2.05 bits per heavy atom. The van der Waals surface area contributed by atoms with Crippen LogP contribution in [0, 0.1) is 0 Å². The van der Waals surface area contributed by atoms with E-state index in [0.29, 0.717) is 5.69 Å². The Labute approximate surface area is 123 Å². The van der Waals surface area contributed by atoms with E-state index in [1.807, 2.05) is 0 Å². The van der Waals surface area contributed by atoms with Crippen LogP contribution >= 0.6 is 0 Å². The Kier molecular flexibility index (Phi) is 5.83. The number of aromatic hydroxyl groups is 1. The molecule has 0 saturated heterocycles. The number of phenols is 1. The van der Waals surface area contributed by atoms with E-state index in [-0.39, 0.29) is 18.0 Å². The summed E-state index contributed by atoms with van der Waals surface area (Å²) >= 11 is 0. The fraction of sp³-hybridized carbons (Fsp3) is 0.429. The summed E-state index contributed by atoms with van der Waals surface area (Å²) in [5.41, 5.74) is 2.64. The van der Waals surface area contributed by atoms with Crippen molar-refractivity contribution in [1.82, 2.24) is 5.43 Å². The minimum atomic E-state index is -0.779. The van der Waals surface area contributed by atoms with Crippen molar-refractivity contribution in [3.8, 4) is 5.75 Å². The number of anilines is 1. The zero-order valence-electron chi connectivity index (χ0n) is 12.5. The van der Waals surface area contributed by atoms with Gasteiger partial charge in [0.1, 0.15) is 5.75 Å². The molecule has 0 atom stereocenters. The number of phenolic OH excluding ortho intramolecular Hbond substituents is 1. The maximum Gasteiger partial charge on any atom is 0.433 e. The molecule has 2 amide bonds. The number of hydrogen-bond acceptors (Lipinski definition) is 5. The summed E-state index contributed by atoms with van der Waals surface area (Å²) < 4.78 is 9.99. The molecule has 21 heavy (non-hydrogen) atoms. The van der Waals surface area contributed by atoms with E-state index in [9.17, 15) is 14.7 Å². The first kappa shape index (κ1) is 16.6. The molecule has 7 nitrogen and oxygen atoms in total. The molecule has 0 saturated carbocycles. The Morgan fingerprint density at radius 1 is 1.05 bits per heavy atom. The number of ether oxygens (including phenoxy) is 2. The Balaban J connectivity index is 2.91. The molecule has 0 spiro atoms. The minimum absolute atomic E-state index is 0.0423. The van der Waals surface area contributed by atoms with Crippen LogP contribution in [-0.4, -0.2) is 29.5 Å². The SMILES string of the molecule is CC(C)OC(=O)NN(C(=O)OC(C)C)c1ccc(O)cc1. The lowest BCUT2D eigenvalue weighted by Gasteiger charge is -2.24. The molecule has 0 radical (unpaired) electrons. The normalized spacial score (nSPS) is 10.4. The average Bonchev–Trinajstić information content (AvgIpc) is 2.35. The van der Waals surface area contributed by atoms with Crippen LogP contribution in [0.2, 0.25) is 0 Å². The number of carbonyl (C=O) groups is 2. The molecule has 1 aromatic carbocycles. The van der Waals surface area contributed by atoms with Crippen molar-refractivity contribution in [2.75, 3.05) is 5.01 Å². The predicted octanol–water partition coefficient (Wildman–Crippen LogP) is 2.79. The van der Waals surface area contributed by atoms with Crippen LogP contribution in [0.3, 0.4) is 0 Å². The molecule has 0 aliphatic rings. The molecule has 1 aromatic rings. The summed E-state index contributed by atoms with van der Waals surface area (Å²) in [6.45, 7) is 6.77. The third-order valence-electron chi connectivity index (χ3n) is 2.17. The highest BCUT2D eigenvalue weighted by Crippen LogP contribution is 2.18. The van der Waals surface area contributed by atoms with Gasteiger partial charge in [0, 0.05) is 0 Å². The smallest absolute Gasteiger partial charge is 0.433 e. The second kappa shape index (κ2) is 7.37. The number of benzene rings is 1. The van der Waals surface area contributed by atoms with Gasteiger partial charge >= 0.3 is 12.2 Å². The van der Waals surface area contributed by atoms with Crippen molar-refractivity contribution in [2.24, 2.45) is 0 Å². The van der Waals surface area contributed by atoms with E-state index in [0.717, 1.165) is 5.01 Å². The number of hydrogen-bond donors (Lipinski definition) is 2. The van der Waals surface area contributed by atoms with E-state index in [1.165, 1.54) is 24.3 Å². The molecule has 0 aliphatic heterocycles. The monoisotopic (exact) mass is 296 g/mol. The lowest BCUT2D eigenvalue weighted by atomic mass is 10.3.